The van der Waals surface area contributed by atoms with Crippen LogP contribution in [0.25, 0.3) is 0 Å². The van der Waals surface area contributed by atoms with E-state index < -0.39 is 56.9 Å². The van der Waals surface area contributed by atoms with Gasteiger partial charge in [-0.3, -0.25) is 9.59 Å². The Bertz CT molecular complexity index is 818. The number of carbonyl (C=O) groups is 2. The van der Waals surface area contributed by atoms with E-state index in [1.54, 1.807) is 41.5 Å². The molecule has 0 aromatic carbocycles. The summed E-state index contributed by atoms with van der Waals surface area (Å²) in [7, 11) is -5.55. The van der Waals surface area contributed by atoms with Gasteiger partial charge in [-0.1, -0.05) is 13.8 Å². The van der Waals surface area contributed by atoms with E-state index in [-0.39, 0.29) is 18.7 Å². The lowest BCUT2D eigenvalue weighted by atomic mass is 9.68. The van der Waals surface area contributed by atoms with Crippen molar-refractivity contribution in [2.75, 3.05) is 13.2 Å². The van der Waals surface area contributed by atoms with Crippen LogP contribution in [0.15, 0.2) is 0 Å². The van der Waals surface area contributed by atoms with E-state index in [2.05, 4.69) is 11.4 Å². The molecular weight excluding hydrogens is 451 g/mol. The van der Waals surface area contributed by atoms with Crippen molar-refractivity contribution in [3.05, 3.63) is 0 Å². The fourth-order valence-corrected chi connectivity index (χ4v) is 3.69. The van der Waals surface area contributed by atoms with E-state index in [0.717, 1.165) is 0 Å². The number of nitrogens with zero attached hydrogens (tertiary/aromatic N) is 1. The van der Waals surface area contributed by atoms with Crippen molar-refractivity contribution in [3.8, 4) is 6.07 Å². The van der Waals surface area contributed by atoms with Crippen molar-refractivity contribution >= 4 is 21.9 Å². The molecule has 0 rings (SSSR count). The number of rotatable bonds is 11. The third kappa shape index (κ3) is 9.32. The first kappa shape index (κ1) is 30.1. The molecule has 0 saturated carbocycles. The Balaban J connectivity index is 5.46. The van der Waals surface area contributed by atoms with Gasteiger partial charge in [-0.15, -0.1) is 0 Å². The summed E-state index contributed by atoms with van der Waals surface area (Å²) in [5.41, 5.74) is -8.19. The standard InChI is InChI=1S/C20H34F3N3O5S/c1-8-18(6,13-24)12-19(7,11-14(2)15(27)26-17(3,4)5)16(28)31-10-9-25-32(29,30)20(21,22)23/h14,25H,8-12H2,1-7H3,(H,26,27). The summed E-state index contributed by atoms with van der Waals surface area (Å²) >= 11 is 0. The van der Waals surface area contributed by atoms with Gasteiger partial charge in [-0.2, -0.15) is 18.4 Å². The highest BCUT2D eigenvalue weighted by molar-refractivity contribution is 7.90. The van der Waals surface area contributed by atoms with Gasteiger partial charge in [0.15, 0.2) is 0 Å². The van der Waals surface area contributed by atoms with Gasteiger partial charge >= 0.3 is 21.5 Å². The summed E-state index contributed by atoms with van der Waals surface area (Å²) in [5.74, 6) is -1.76. The highest BCUT2D eigenvalue weighted by atomic mass is 32.2. The number of ether oxygens (including phenoxy) is 1. The first-order valence-corrected chi connectivity index (χ1v) is 11.7. The minimum absolute atomic E-state index is 0.0271. The average Bonchev–Trinajstić information content (AvgIpc) is 2.62. The van der Waals surface area contributed by atoms with E-state index >= 15 is 0 Å². The molecule has 12 heteroatoms. The van der Waals surface area contributed by atoms with E-state index in [9.17, 15) is 36.4 Å². The number of nitriles is 1. The quantitative estimate of drug-likeness (QED) is 0.342. The molecule has 1 amide bonds. The number of halogens is 3. The zero-order valence-electron chi connectivity index (χ0n) is 19.6. The molecule has 0 aliphatic rings. The van der Waals surface area contributed by atoms with Gasteiger partial charge in [0.25, 0.3) is 0 Å². The lowest BCUT2D eigenvalue weighted by molar-refractivity contribution is -0.158. The summed E-state index contributed by atoms with van der Waals surface area (Å²) in [6.07, 6.45) is 0.493. The van der Waals surface area contributed by atoms with Crippen molar-refractivity contribution < 1.29 is 35.9 Å². The smallest absolute Gasteiger partial charge is 0.464 e. The third-order valence-electron chi connectivity index (χ3n) is 4.96. The molecule has 8 nitrogen and oxygen atoms in total. The maximum atomic E-state index is 12.9. The molecule has 3 unspecified atom stereocenters. The van der Waals surface area contributed by atoms with Crippen LogP contribution in [0.3, 0.4) is 0 Å². The van der Waals surface area contributed by atoms with Crippen LogP contribution >= 0.6 is 0 Å². The van der Waals surface area contributed by atoms with Crippen molar-refractivity contribution in [1.82, 2.24) is 10.0 Å². The van der Waals surface area contributed by atoms with E-state index in [0.29, 0.717) is 6.42 Å². The number of alkyl halides is 3. The van der Waals surface area contributed by atoms with Crippen LogP contribution in [0.5, 0.6) is 0 Å². The Labute approximate surface area is 188 Å². The largest absolute Gasteiger partial charge is 0.511 e. The number of amides is 1. The first-order chi connectivity index (χ1) is 14.2. The maximum Gasteiger partial charge on any atom is 0.511 e. The summed E-state index contributed by atoms with van der Waals surface area (Å²) in [5, 5.41) is 12.4. The molecule has 0 aliphatic heterocycles. The van der Waals surface area contributed by atoms with Crippen molar-refractivity contribution in [2.45, 2.75) is 78.8 Å². The zero-order chi connectivity index (χ0) is 25.6. The molecule has 0 saturated heterocycles. The van der Waals surface area contributed by atoms with Crippen LogP contribution in [0.1, 0.15) is 67.7 Å². The molecular formula is C20H34F3N3O5S. The lowest BCUT2D eigenvalue weighted by Crippen LogP contribution is -2.46. The minimum Gasteiger partial charge on any atom is -0.464 e. The number of hydrogen-bond acceptors (Lipinski definition) is 6. The molecule has 186 valence electrons. The first-order valence-electron chi connectivity index (χ1n) is 10.2. The molecule has 0 aliphatic carbocycles. The molecule has 0 aromatic heterocycles. The van der Waals surface area contributed by atoms with Crippen LogP contribution in [0.2, 0.25) is 0 Å². The SMILES string of the molecule is CCC(C)(C#N)CC(C)(CC(C)C(=O)NC(C)(C)C)C(=O)OCCNS(=O)(=O)C(F)(F)F. The summed E-state index contributed by atoms with van der Waals surface area (Å²) < 4.78 is 65.6. The fraction of sp³-hybridized carbons (Fsp3) is 0.850. The van der Waals surface area contributed by atoms with Crippen molar-refractivity contribution in [2.24, 2.45) is 16.7 Å². The number of esters is 1. The number of nitrogens with one attached hydrogen (secondary N) is 2. The second-order valence-corrected chi connectivity index (χ2v) is 11.3. The van der Waals surface area contributed by atoms with Gasteiger partial charge in [0.2, 0.25) is 5.91 Å². The molecule has 32 heavy (non-hydrogen) atoms. The summed E-state index contributed by atoms with van der Waals surface area (Å²) in [6, 6.07) is 2.16. The number of sulfonamides is 1. The Morgan fingerprint density at radius 1 is 1.12 bits per heavy atom. The third-order valence-corrected chi connectivity index (χ3v) is 6.15. The molecule has 2 N–H and O–H groups in total. The maximum absolute atomic E-state index is 12.9. The van der Waals surface area contributed by atoms with E-state index in [4.69, 9.17) is 4.74 Å². The molecule has 3 atom stereocenters. The molecule has 0 heterocycles. The predicted molar refractivity (Wildman–Crippen MR) is 112 cm³/mol. The normalized spacial score (nSPS) is 17.4. The van der Waals surface area contributed by atoms with E-state index in [1.807, 2.05) is 0 Å². The Hall–Kier alpha value is -1.87. The van der Waals surface area contributed by atoms with Gasteiger partial charge in [-0.05, 0) is 53.9 Å². The van der Waals surface area contributed by atoms with Crippen LogP contribution in [0, 0.1) is 28.1 Å². The van der Waals surface area contributed by atoms with Crippen molar-refractivity contribution in [3.63, 3.8) is 0 Å². The summed E-state index contributed by atoms with van der Waals surface area (Å²) in [4.78, 5) is 25.4. The van der Waals surface area contributed by atoms with Gasteiger partial charge in [-0.25, -0.2) is 13.1 Å². The van der Waals surface area contributed by atoms with E-state index in [1.165, 1.54) is 11.6 Å². The van der Waals surface area contributed by atoms with Crippen LogP contribution in [-0.2, 0) is 24.3 Å². The number of carbonyl (C=O) groups excluding carboxylic acids is 2. The summed E-state index contributed by atoms with van der Waals surface area (Å²) in [6.45, 7) is 10.6. The Morgan fingerprint density at radius 2 is 1.66 bits per heavy atom. The zero-order valence-corrected chi connectivity index (χ0v) is 20.5. The second-order valence-electron chi connectivity index (χ2n) is 9.59. The lowest BCUT2D eigenvalue weighted by Gasteiger charge is -2.35. The molecule has 0 radical (unpaired) electrons. The van der Waals surface area contributed by atoms with Gasteiger partial charge in [0.05, 0.1) is 16.9 Å². The molecule has 0 bridgehead atoms. The van der Waals surface area contributed by atoms with Gasteiger partial charge in [0, 0.05) is 18.0 Å². The highest BCUT2D eigenvalue weighted by Crippen LogP contribution is 2.41. The van der Waals surface area contributed by atoms with Crippen LogP contribution in [-0.4, -0.2) is 44.5 Å². The molecule has 0 fully saturated rings. The fourth-order valence-electron chi connectivity index (χ4n) is 3.17. The minimum atomic E-state index is -5.55. The van der Waals surface area contributed by atoms with Gasteiger partial charge in [0.1, 0.15) is 6.61 Å². The molecule has 0 spiro atoms. The second kappa shape index (κ2) is 10.8. The number of hydrogen-bond donors (Lipinski definition) is 2. The monoisotopic (exact) mass is 485 g/mol. The molecule has 0 aromatic rings. The van der Waals surface area contributed by atoms with Gasteiger partial charge < -0.3 is 10.1 Å². The average molecular weight is 486 g/mol. The Kier molecular flexibility index (Phi) is 10.2. The predicted octanol–water partition coefficient (Wildman–Crippen LogP) is 3.25. The topological polar surface area (TPSA) is 125 Å². The Morgan fingerprint density at radius 3 is 2.06 bits per heavy atom. The highest BCUT2D eigenvalue weighted by Gasteiger charge is 2.46. The van der Waals surface area contributed by atoms with Crippen LogP contribution < -0.4 is 10.0 Å². The van der Waals surface area contributed by atoms with Crippen LogP contribution in [0.4, 0.5) is 13.2 Å². The van der Waals surface area contributed by atoms with Crippen molar-refractivity contribution in [1.29, 1.82) is 5.26 Å².